The van der Waals surface area contributed by atoms with Crippen molar-refractivity contribution in [3.05, 3.63) is 47.2 Å². The average molecular weight is 412 g/mol. The number of amides is 1. The third-order valence-corrected chi connectivity index (χ3v) is 5.23. The highest BCUT2D eigenvalue weighted by Gasteiger charge is 2.29. The number of rotatable bonds is 6. The van der Waals surface area contributed by atoms with Crippen LogP contribution in [0.4, 0.5) is 0 Å². The summed E-state index contributed by atoms with van der Waals surface area (Å²) in [6.45, 7) is 5.07. The van der Waals surface area contributed by atoms with Crippen LogP contribution in [0, 0.1) is 13.8 Å². The largest absolute Gasteiger partial charge is 0.497 e. The summed E-state index contributed by atoms with van der Waals surface area (Å²) in [5.41, 5.74) is 2.61. The van der Waals surface area contributed by atoms with E-state index < -0.39 is 6.10 Å². The van der Waals surface area contributed by atoms with Crippen molar-refractivity contribution in [2.75, 3.05) is 26.8 Å². The second kappa shape index (κ2) is 8.66. The van der Waals surface area contributed by atoms with E-state index in [1.807, 2.05) is 38.1 Å². The molecule has 3 heterocycles. The van der Waals surface area contributed by atoms with Crippen LogP contribution in [-0.2, 0) is 16.0 Å². The second-order valence-corrected chi connectivity index (χ2v) is 7.19. The van der Waals surface area contributed by atoms with Gasteiger partial charge in [0.05, 0.1) is 26.0 Å². The Labute approximate surface area is 173 Å². The fourth-order valence-electron chi connectivity index (χ4n) is 3.52. The van der Waals surface area contributed by atoms with Crippen LogP contribution in [0.25, 0.3) is 11.4 Å². The molecule has 0 unspecified atom stereocenters. The van der Waals surface area contributed by atoms with Crippen LogP contribution in [0.2, 0.25) is 0 Å². The SMILES string of the molecule is COc1cccc(-c2noc([C@H]3CN(C(=O)CCc4c(C)noc4C)CCO3)n2)c1. The van der Waals surface area contributed by atoms with E-state index in [2.05, 4.69) is 15.3 Å². The normalized spacial score (nSPS) is 16.6. The number of carbonyl (C=O) groups is 1. The van der Waals surface area contributed by atoms with Gasteiger partial charge < -0.3 is 23.4 Å². The van der Waals surface area contributed by atoms with Crippen LogP contribution in [0.1, 0.15) is 35.4 Å². The van der Waals surface area contributed by atoms with Gasteiger partial charge in [0, 0.05) is 24.1 Å². The number of methoxy groups -OCH3 is 1. The maximum Gasteiger partial charge on any atom is 0.257 e. The minimum atomic E-state index is -0.450. The number of carbonyl (C=O) groups excluding carboxylic acids is 1. The zero-order valence-electron chi connectivity index (χ0n) is 17.3. The molecule has 1 fully saturated rings. The van der Waals surface area contributed by atoms with Crippen LogP contribution in [0.3, 0.4) is 0 Å². The van der Waals surface area contributed by atoms with Crippen molar-refractivity contribution in [1.29, 1.82) is 0 Å². The Morgan fingerprint density at radius 1 is 1.27 bits per heavy atom. The molecule has 0 bridgehead atoms. The molecule has 9 nitrogen and oxygen atoms in total. The van der Waals surface area contributed by atoms with E-state index >= 15 is 0 Å². The Hall–Kier alpha value is -3.20. The average Bonchev–Trinajstić information content (AvgIpc) is 3.39. The smallest absolute Gasteiger partial charge is 0.257 e. The number of nitrogens with zero attached hydrogens (tertiary/aromatic N) is 4. The standard InChI is InChI=1S/C21H24N4O5/c1-13-17(14(2)29-23-13)7-8-19(26)25-9-10-28-18(12-25)21-22-20(24-30-21)15-5-4-6-16(11-15)27-3/h4-6,11,18H,7-10,12H2,1-3H3/t18-/m1/s1. The van der Waals surface area contributed by atoms with Gasteiger partial charge in [-0.15, -0.1) is 0 Å². The highest BCUT2D eigenvalue weighted by atomic mass is 16.5. The first-order chi connectivity index (χ1) is 14.5. The molecule has 1 saturated heterocycles. The molecule has 1 aliphatic rings. The van der Waals surface area contributed by atoms with Gasteiger partial charge in [-0.3, -0.25) is 4.79 Å². The molecule has 1 aliphatic heterocycles. The molecule has 0 N–H and O–H groups in total. The van der Waals surface area contributed by atoms with Gasteiger partial charge in [-0.25, -0.2) is 0 Å². The zero-order valence-corrected chi connectivity index (χ0v) is 17.3. The molecule has 0 saturated carbocycles. The summed E-state index contributed by atoms with van der Waals surface area (Å²) in [4.78, 5) is 19.0. The van der Waals surface area contributed by atoms with E-state index in [1.165, 1.54) is 0 Å². The van der Waals surface area contributed by atoms with Crippen LogP contribution in [0.5, 0.6) is 5.75 Å². The van der Waals surface area contributed by atoms with Gasteiger partial charge >= 0.3 is 0 Å². The van der Waals surface area contributed by atoms with Gasteiger partial charge in [-0.05, 0) is 32.4 Å². The Morgan fingerprint density at radius 2 is 2.13 bits per heavy atom. The summed E-state index contributed by atoms with van der Waals surface area (Å²) in [5, 5.41) is 8.00. The van der Waals surface area contributed by atoms with Gasteiger partial charge in [0.25, 0.3) is 5.89 Å². The molecule has 0 radical (unpaired) electrons. The molecule has 4 rings (SSSR count). The first kappa shape index (κ1) is 20.1. The number of hydrogen-bond donors (Lipinski definition) is 0. The first-order valence-electron chi connectivity index (χ1n) is 9.84. The summed E-state index contributed by atoms with van der Waals surface area (Å²) in [5.74, 6) is 2.33. The molecule has 1 atom stereocenters. The zero-order chi connectivity index (χ0) is 21.1. The third kappa shape index (κ3) is 4.20. The van der Waals surface area contributed by atoms with Crippen molar-refractivity contribution < 1.29 is 23.3 Å². The number of ether oxygens (including phenoxy) is 2. The lowest BCUT2D eigenvalue weighted by atomic mass is 10.1. The summed E-state index contributed by atoms with van der Waals surface area (Å²) >= 11 is 0. The molecule has 30 heavy (non-hydrogen) atoms. The summed E-state index contributed by atoms with van der Waals surface area (Å²) in [6.07, 6.45) is 0.533. The minimum absolute atomic E-state index is 0.0517. The fraction of sp³-hybridized carbons (Fsp3) is 0.429. The van der Waals surface area contributed by atoms with Gasteiger partial charge in [0.2, 0.25) is 11.7 Å². The molecule has 0 spiro atoms. The quantitative estimate of drug-likeness (QED) is 0.609. The highest BCUT2D eigenvalue weighted by molar-refractivity contribution is 5.76. The Balaban J connectivity index is 1.40. The molecule has 0 aliphatic carbocycles. The van der Waals surface area contributed by atoms with Gasteiger partial charge in [-0.2, -0.15) is 4.98 Å². The summed E-state index contributed by atoms with van der Waals surface area (Å²) in [7, 11) is 1.61. The van der Waals surface area contributed by atoms with Gasteiger partial charge in [0.15, 0.2) is 6.10 Å². The molecule has 2 aromatic heterocycles. The van der Waals surface area contributed by atoms with Crippen molar-refractivity contribution in [3.8, 4) is 17.1 Å². The molecular formula is C21H24N4O5. The lowest BCUT2D eigenvalue weighted by Crippen LogP contribution is -2.42. The van der Waals surface area contributed by atoms with Gasteiger partial charge in [0.1, 0.15) is 11.5 Å². The fourth-order valence-corrected chi connectivity index (χ4v) is 3.52. The van der Waals surface area contributed by atoms with E-state index in [4.69, 9.17) is 18.5 Å². The molecule has 158 valence electrons. The number of hydrogen-bond acceptors (Lipinski definition) is 8. The lowest BCUT2D eigenvalue weighted by molar-refractivity contribution is -0.140. The van der Waals surface area contributed by atoms with Crippen molar-refractivity contribution >= 4 is 5.91 Å². The summed E-state index contributed by atoms with van der Waals surface area (Å²) < 4.78 is 21.6. The van der Waals surface area contributed by atoms with E-state index in [1.54, 1.807) is 12.0 Å². The molecular weight excluding hydrogens is 388 g/mol. The monoisotopic (exact) mass is 412 g/mol. The maximum absolute atomic E-state index is 12.7. The number of aromatic nitrogens is 3. The van der Waals surface area contributed by atoms with E-state index in [0.717, 1.165) is 22.6 Å². The Morgan fingerprint density at radius 3 is 2.90 bits per heavy atom. The number of morpholine rings is 1. The predicted molar refractivity (Wildman–Crippen MR) is 106 cm³/mol. The maximum atomic E-state index is 12.7. The Kier molecular flexibility index (Phi) is 5.80. The van der Waals surface area contributed by atoms with E-state index in [9.17, 15) is 4.79 Å². The van der Waals surface area contributed by atoms with Crippen LogP contribution in [0.15, 0.2) is 33.3 Å². The van der Waals surface area contributed by atoms with Crippen molar-refractivity contribution in [3.63, 3.8) is 0 Å². The topological polar surface area (TPSA) is 104 Å². The second-order valence-electron chi connectivity index (χ2n) is 7.19. The van der Waals surface area contributed by atoms with E-state index in [-0.39, 0.29) is 5.91 Å². The van der Waals surface area contributed by atoms with Crippen LogP contribution >= 0.6 is 0 Å². The van der Waals surface area contributed by atoms with Crippen molar-refractivity contribution in [1.82, 2.24) is 20.2 Å². The summed E-state index contributed by atoms with van der Waals surface area (Å²) in [6, 6.07) is 7.42. The Bertz CT molecular complexity index is 1010. The number of aryl methyl sites for hydroxylation is 2. The third-order valence-electron chi connectivity index (χ3n) is 5.23. The molecule has 1 aromatic carbocycles. The highest BCUT2D eigenvalue weighted by Crippen LogP contribution is 2.26. The molecule has 1 amide bonds. The van der Waals surface area contributed by atoms with Crippen LogP contribution < -0.4 is 4.74 Å². The van der Waals surface area contributed by atoms with Gasteiger partial charge in [-0.1, -0.05) is 22.4 Å². The van der Waals surface area contributed by atoms with Crippen molar-refractivity contribution in [2.45, 2.75) is 32.8 Å². The van der Waals surface area contributed by atoms with Crippen LogP contribution in [-0.4, -0.2) is 52.9 Å². The molecule has 9 heteroatoms. The molecule has 3 aromatic rings. The predicted octanol–water partition coefficient (Wildman–Crippen LogP) is 2.88. The first-order valence-corrected chi connectivity index (χ1v) is 9.84. The van der Waals surface area contributed by atoms with E-state index in [0.29, 0.717) is 50.0 Å². The van der Waals surface area contributed by atoms with Crippen molar-refractivity contribution in [2.24, 2.45) is 0 Å². The minimum Gasteiger partial charge on any atom is -0.497 e. The number of benzene rings is 1. The lowest BCUT2D eigenvalue weighted by Gasteiger charge is -2.31.